The average Bonchev–Trinajstić information content (AvgIpc) is 3.46. The molecule has 1 amide bonds. The maximum absolute atomic E-state index is 12.8. The number of nitrogens with zero attached hydrogens (tertiary/aromatic N) is 8. The minimum atomic E-state index is -0.323. The highest BCUT2D eigenvalue weighted by Crippen LogP contribution is 2.38. The number of carbonyl (C=O) groups is 1. The summed E-state index contributed by atoms with van der Waals surface area (Å²) >= 11 is 0. The first-order valence-corrected chi connectivity index (χ1v) is 9.79. The van der Waals surface area contributed by atoms with Crippen molar-refractivity contribution >= 4 is 5.91 Å². The molecule has 1 aliphatic carbocycles. The molecule has 9 nitrogen and oxygen atoms in total. The molecular weight excluding hydrogens is 344 g/mol. The molecule has 2 aromatic heterocycles. The smallest absolute Gasteiger partial charge is 0.224 e. The minimum absolute atomic E-state index is 0.173. The Morgan fingerprint density at radius 2 is 2.15 bits per heavy atom. The lowest BCUT2D eigenvalue weighted by molar-refractivity contribution is -0.130. The molecule has 0 radical (unpaired) electrons. The van der Waals surface area contributed by atoms with Gasteiger partial charge in [0.05, 0.1) is 12.4 Å². The van der Waals surface area contributed by atoms with Gasteiger partial charge in [0.15, 0.2) is 5.82 Å². The number of hydrogen-bond donors (Lipinski definition) is 0. The normalized spacial score (nSPS) is 23.6. The molecule has 0 N–H and O–H groups in total. The van der Waals surface area contributed by atoms with Crippen LogP contribution in [0.2, 0.25) is 0 Å². The summed E-state index contributed by atoms with van der Waals surface area (Å²) < 4.78 is 3.97. The zero-order chi connectivity index (χ0) is 18.9. The van der Waals surface area contributed by atoms with Crippen molar-refractivity contribution < 1.29 is 4.79 Å². The quantitative estimate of drug-likeness (QED) is 0.754. The minimum Gasteiger partial charge on any atom is -0.340 e. The Morgan fingerprint density at radius 3 is 2.85 bits per heavy atom. The van der Waals surface area contributed by atoms with Gasteiger partial charge < -0.3 is 9.47 Å². The highest BCUT2D eigenvalue weighted by Gasteiger charge is 2.47. The number of hydrogen-bond acceptors (Lipinski definition) is 6. The molecule has 1 unspecified atom stereocenters. The summed E-state index contributed by atoms with van der Waals surface area (Å²) in [6, 6.07) is 0.387. The van der Waals surface area contributed by atoms with Crippen LogP contribution in [-0.2, 0) is 16.9 Å². The number of imidazole rings is 1. The lowest BCUT2D eigenvalue weighted by Gasteiger charge is -2.35. The number of aromatic nitrogens is 6. The lowest BCUT2D eigenvalue weighted by Crippen LogP contribution is -2.47. The number of rotatable bonds is 6. The van der Waals surface area contributed by atoms with E-state index < -0.39 is 0 Å². The second kappa shape index (κ2) is 7.38. The van der Waals surface area contributed by atoms with Crippen LogP contribution in [0.15, 0.2) is 18.7 Å². The molecule has 1 saturated heterocycles. The third-order valence-corrected chi connectivity index (χ3v) is 6.18. The molecule has 3 heterocycles. The number of likely N-dealkylation sites (tertiary alicyclic amines) is 1. The fraction of sp³-hybridized carbons (Fsp3) is 0.722. The van der Waals surface area contributed by atoms with E-state index in [1.807, 2.05) is 20.3 Å². The van der Waals surface area contributed by atoms with Crippen LogP contribution >= 0.6 is 0 Å². The molecule has 146 valence electrons. The Labute approximate surface area is 159 Å². The van der Waals surface area contributed by atoms with Gasteiger partial charge in [0, 0.05) is 38.4 Å². The Hall–Kier alpha value is -2.29. The van der Waals surface area contributed by atoms with Crippen LogP contribution in [0.25, 0.3) is 0 Å². The molecule has 1 atom stereocenters. The molecular formula is C18H28N8O. The molecule has 2 aromatic rings. The van der Waals surface area contributed by atoms with Crippen LogP contribution in [0, 0.1) is 0 Å². The van der Waals surface area contributed by atoms with Crippen molar-refractivity contribution in [2.24, 2.45) is 0 Å². The van der Waals surface area contributed by atoms with Crippen molar-refractivity contribution in [1.29, 1.82) is 0 Å². The van der Waals surface area contributed by atoms with Gasteiger partial charge in [-0.25, -0.2) is 9.67 Å². The molecule has 0 aromatic carbocycles. The lowest BCUT2D eigenvalue weighted by atomic mass is 9.95. The van der Waals surface area contributed by atoms with E-state index in [4.69, 9.17) is 0 Å². The predicted molar refractivity (Wildman–Crippen MR) is 98.7 cm³/mol. The zero-order valence-electron chi connectivity index (χ0n) is 16.2. The molecule has 2 aliphatic rings. The summed E-state index contributed by atoms with van der Waals surface area (Å²) in [6.07, 6.45) is 11.4. The van der Waals surface area contributed by atoms with Gasteiger partial charge in [-0.15, -0.1) is 5.10 Å². The SMILES string of the molecule is CN(C)C1(c2nnnn2C2CCCC2)CCN(C(=O)CCn2ccnc2)C1. The van der Waals surface area contributed by atoms with E-state index in [-0.39, 0.29) is 11.4 Å². The summed E-state index contributed by atoms with van der Waals surface area (Å²) in [5.41, 5.74) is -0.323. The highest BCUT2D eigenvalue weighted by atomic mass is 16.2. The molecule has 0 spiro atoms. The third kappa shape index (κ3) is 3.36. The van der Waals surface area contributed by atoms with Crippen LogP contribution < -0.4 is 0 Å². The molecule has 1 aliphatic heterocycles. The van der Waals surface area contributed by atoms with Crippen molar-refractivity contribution in [3.63, 3.8) is 0 Å². The average molecular weight is 372 g/mol. The Bertz CT molecular complexity index is 764. The summed E-state index contributed by atoms with van der Waals surface area (Å²) in [5.74, 6) is 1.08. The maximum Gasteiger partial charge on any atom is 0.224 e. The first kappa shape index (κ1) is 18.1. The Balaban J connectivity index is 1.50. The first-order chi connectivity index (χ1) is 13.1. The largest absolute Gasteiger partial charge is 0.340 e. The van der Waals surface area contributed by atoms with Crippen LogP contribution in [0.3, 0.4) is 0 Å². The fourth-order valence-electron chi connectivity index (χ4n) is 4.45. The molecule has 4 rings (SSSR count). The summed E-state index contributed by atoms with van der Waals surface area (Å²) in [5, 5.41) is 12.8. The third-order valence-electron chi connectivity index (χ3n) is 6.18. The van der Waals surface area contributed by atoms with E-state index in [1.165, 1.54) is 12.8 Å². The summed E-state index contributed by atoms with van der Waals surface area (Å²) in [7, 11) is 4.13. The van der Waals surface area contributed by atoms with Crippen LogP contribution in [0.5, 0.6) is 0 Å². The van der Waals surface area contributed by atoms with Gasteiger partial charge in [0.2, 0.25) is 5.91 Å². The number of likely N-dealkylation sites (N-methyl/N-ethyl adjacent to an activating group) is 1. The predicted octanol–water partition coefficient (Wildman–Crippen LogP) is 1.06. The van der Waals surface area contributed by atoms with E-state index in [9.17, 15) is 4.79 Å². The molecule has 0 bridgehead atoms. The number of tetrazole rings is 1. The van der Waals surface area contributed by atoms with E-state index >= 15 is 0 Å². The Kier molecular flexibility index (Phi) is 4.94. The molecule has 2 fully saturated rings. The van der Waals surface area contributed by atoms with Gasteiger partial charge in [-0.1, -0.05) is 12.8 Å². The van der Waals surface area contributed by atoms with Crippen molar-refractivity contribution in [3.05, 3.63) is 24.5 Å². The van der Waals surface area contributed by atoms with E-state index in [0.717, 1.165) is 31.6 Å². The van der Waals surface area contributed by atoms with Gasteiger partial charge >= 0.3 is 0 Å². The van der Waals surface area contributed by atoms with Crippen LogP contribution in [0.4, 0.5) is 0 Å². The number of amides is 1. The molecule has 27 heavy (non-hydrogen) atoms. The van der Waals surface area contributed by atoms with E-state index in [0.29, 0.717) is 25.6 Å². The monoisotopic (exact) mass is 372 g/mol. The van der Waals surface area contributed by atoms with E-state index in [1.54, 1.807) is 12.5 Å². The van der Waals surface area contributed by atoms with Crippen molar-refractivity contribution in [2.45, 2.75) is 56.7 Å². The van der Waals surface area contributed by atoms with Gasteiger partial charge in [-0.3, -0.25) is 9.69 Å². The number of aryl methyl sites for hydroxylation is 1. The van der Waals surface area contributed by atoms with Gasteiger partial charge in [-0.05, 0) is 43.8 Å². The fourth-order valence-corrected chi connectivity index (χ4v) is 4.45. The topological polar surface area (TPSA) is 85.0 Å². The number of carbonyl (C=O) groups excluding carboxylic acids is 1. The first-order valence-electron chi connectivity index (χ1n) is 9.79. The summed E-state index contributed by atoms with van der Waals surface area (Å²) in [6.45, 7) is 2.03. The van der Waals surface area contributed by atoms with Crippen LogP contribution in [-0.4, -0.2) is 72.7 Å². The van der Waals surface area contributed by atoms with Crippen molar-refractivity contribution in [1.82, 2.24) is 39.6 Å². The molecule has 1 saturated carbocycles. The zero-order valence-corrected chi connectivity index (χ0v) is 16.2. The highest BCUT2D eigenvalue weighted by molar-refractivity contribution is 5.76. The summed E-state index contributed by atoms with van der Waals surface area (Å²) in [4.78, 5) is 21.0. The second-order valence-corrected chi connectivity index (χ2v) is 7.93. The van der Waals surface area contributed by atoms with Gasteiger partial charge in [0.25, 0.3) is 0 Å². The van der Waals surface area contributed by atoms with Crippen LogP contribution in [0.1, 0.15) is 50.4 Å². The van der Waals surface area contributed by atoms with Gasteiger partial charge in [0.1, 0.15) is 5.54 Å². The van der Waals surface area contributed by atoms with Gasteiger partial charge in [-0.2, -0.15) is 0 Å². The molecule has 9 heteroatoms. The second-order valence-electron chi connectivity index (χ2n) is 7.93. The maximum atomic E-state index is 12.8. The van der Waals surface area contributed by atoms with E-state index in [2.05, 4.69) is 39.5 Å². The standard InChI is InChI=1S/C18H28N8O/c1-23(2)18(17-20-21-22-26(17)15-5-3-4-6-15)8-11-25(13-18)16(27)7-10-24-12-9-19-14-24/h9,12,14-15H,3-8,10-11,13H2,1-2H3. The van der Waals surface area contributed by atoms with Crippen molar-refractivity contribution in [3.8, 4) is 0 Å². The van der Waals surface area contributed by atoms with Crippen molar-refractivity contribution in [2.75, 3.05) is 27.2 Å². The Morgan fingerprint density at radius 1 is 1.33 bits per heavy atom.